The maximum Gasteiger partial charge on any atom is 0.324 e. The zero-order valence-corrected chi connectivity index (χ0v) is 11.8. The molecule has 0 bridgehead atoms. The molecule has 0 spiro atoms. The minimum Gasteiger partial charge on any atom is -0.467 e. The molecule has 1 aromatic heterocycles. The lowest BCUT2D eigenvalue weighted by atomic mass is 10.4. The van der Waals surface area contributed by atoms with Crippen molar-refractivity contribution >= 4 is 16.0 Å². The van der Waals surface area contributed by atoms with Gasteiger partial charge in [0.1, 0.15) is 0 Å². The van der Waals surface area contributed by atoms with Gasteiger partial charge in [-0.15, -0.1) is 4.98 Å². The number of rotatable bonds is 8. The van der Waals surface area contributed by atoms with E-state index in [2.05, 4.69) is 25.0 Å². The second-order valence-electron chi connectivity index (χ2n) is 3.58. The molecule has 0 radical (unpaired) electrons. The number of methoxy groups -OCH3 is 2. The van der Waals surface area contributed by atoms with E-state index >= 15 is 0 Å². The fourth-order valence-electron chi connectivity index (χ4n) is 1.15. The van der Waals surface area contributed by atoms with Crippen molar-refractivity contribution in [3.63, 3.8) is 0 Å². The summed E-state index contributed by atoms with van der Waals surface area (Å²) in [5, 5.41) is 2.92. The Balaban J connectivity index is 2.44. The Kier molecular flexibility index (Phi) is 5.70. The van der Waals surface area contributed by atoms with Gasteiger partial charge in [-0.1, -0.05) is 0 Å². The first-order valence-electron chi connectivity index (χ1n) is 5.47. The van der Waals surface area contributed by atoms with Crippen molar-refractivity contribution in [2.45, 2.75) is 6.42 Å². The topological polar surface area (TPSA) is 115 Å². The predicted molar refractivity (Wildman–Crippen MR) is 68.9 cm³/mol. The average Bonchev–Trinajstić information content (AvgIpc) is 2.36. The van der Waals surface area contributed by atoms with Gasteiger partial charge >= 0.3 is 12.0 Å². The molecule has 0 atom stereocenters. The molecule has 2 N–H and O–H groups in total. The highest BCUT2D eigenvalue weighted by Crippen LogP contribution is 2.11. The van der Waals surface area contributed by atoms with Crippen LogP contribution in [0.25, 0.3) is 0 Å². The van der Waals surface area contributed by atoms with Gasteiger partial charge in [-0.3, -0.25) is 0 Å². The molecule has 0 aliphatic rings. The Hall–Kier alpha value is -1.68. The zero-order valence-electron chi connectivity index (χ0n) is 11.0. The van der Waals surface area contributed by atoms with E-state index in [1.807, 2.05) is 0 Å². The number of anilines is 1. The van der Waals surface area contributed by atoms with E-state index in [0.29, 0.717) is 25.5 Å². The van der Waals surface area contributed by atoms with Gasteiger partial charge in [-0.05, 0) is 6.42 Å². The number of nitrogens with zero attached hydrogens (tertiary/aromatic N) is 3. The Labute approximate surface area is 111 Å². The first-order chi connectivity index (χ1) is 8.94. The maximum atomic E-state index is 10.8. The minimum absolute atomic E-state index is 0.142. The third kappa shape index (κ3) is 6.15. The van der Waals surface area contributed by atoms with Crippen molar-refractivity contribution in [3.05, 3.63) is 0 Å². The number of aromatic nitrogens is 3. The van der Waals surface area contributed by atoms with Crippen LogP contribution in [0.15, 0.2) is 0 Å². The van der Waals surface area contributed by atoms with Gasteiger partial charge in [0, 0.05) is 13.1 Å². The lowest BCUT2D eigenvalue weighted by Crippen LogP contribution is -2.24. The fourth-order valence-corrected chi connectivity index (χ4v) is 1.66. The summed E-state index contributed by atoms with van der Waals surface area (Å²) in [6.45, 7) is 0.837. The molecule has 0 aromatic carbocycles. The van der Waals surface area contributed by atoms with Crippen LogP contribution in [0.1, 0.15) is 6.42 Å². The lowest BCUT2D eigenvalue weighted by Gasteiger charge is -2.07. The molecule has 10 heteroatoms. The normalized spacial score (nSPS) is 11.1. The van der Waals surface area contributed by atoms with Crippen molar-refractivity contribution < 1.29 is 17.9 Å². The summed E-state index contributed by atoms with van der Waals surface area (Å²) in [4.78, 5) is 11.8. The average molecular weight is 291 g/mol. The molecule has 1 heterocycles. The van der Waals surface area contributed by atoms with Gasteiger partial charge in [0.2, 0.25) is 16.0 Å². The van der Waals surface area contributed by atoms with Crippen LogP contribution in [0.3, 0.4) is 0 Å². The van der Waals surface area contributed by atoms with E-state index in [0.717, 1.165) is 6.26 Å². The highest BCUT2D eigenvalue weighted by atomic mass is 32.2. The number of hydrogen-bond donors (Lipinski definition) is 2. The molecule has 0 unspecified atom stereocenters. The number of sulfonamides is 1. The van der Waals surface area contributed by atoms with Crippen LogP contribution in [0.4, 0.5) is 5.95 Å². The summed E-state index contributed by atoms with van der Waals surface area (Å²) in [6, 6.07) is 0.284. The highest BCUT2D eigenvalue weighted by molar-refractivity contribution is 7.88. The summed E-state index contributed by atoms with van der Waals surface area (Å²) in [6.07, 6.45) is 1.70. The summed E-state index contributed by atoms with van der Waals surface area (Å²) in [7, 11) is -0.271. The van der Waals surface area contributed by atoms with Crippen LogP contribution in [0.5, 0.6) is 12.0 Å². The summed E-state index contributed by atoms with van der Waals surface area (Å²) in [5.74, 6) is 0.308. The molecule has 0 aliphatic carbocycles. The zero-order chi connectivity index (χ0) is 14.3. The second kappa shape index (κ2) is 7.04. The van der Waals surface area contributed by atoms with Gasteiger partial charge in [0.05, 0.1) is 20.5 Å². The van der Waals surface area contributed by atoms with Crippen molar-refractivity contribution in [1.29, 1.82) is 0 Å². The van der Waals surface area contributed by atoms with Crippen molar-refractivity contribution in [2.24, 2.45) is 0 Å². The van der Waals surface area contributed by atoms with Gasteiger partial charge in [0.25, 0.3) is 0 Å². The molecule has 1 aromatic rings. The van der Waals surface area contributed by atoms with Crippen LogP contribution in [0.2, 0.25) is 0 Å². The van der Waals surface area contributed by atoms with E-state index in [1.54, 1.807) is 0 Å². The highest BCUT2D eigenvalue weighted by Gasteiger charge is 2.06. The largest absolute Gasteiger partial charge is 0.467 e. The van der Waals surface area contributed by atoms with Crippen molar-refractivity contribution in [2.75, 3.05) is 38.9 Å². The van der Waals surface area contributed by atoms with Gasteiger partial charge in [-0.2, -0.15) is 9.97 Å². The first kappa shape index (κ1) is 15.4. The standard InChI is InChI=1S/C9H17N5O4S/c1-17-8-12-7(13-9(14-8)18-2)10-5-4-6-11-19(3,15)16/h11H,4-6H2,1-3H3,(H,10,12,13,14). The molecule has 0 aliphatic heterocycles. The number of nitrogens with one attached hydrogen (secondary N) is 2. The third-order valence-electron chi connectivity index (χ3n) is 1.96. The molecule has 108 valence electrons. The van der Waals surface area contributed by atoms with E-state index in [-0.39, 0.29) is 12.0 Å². The van der Waals surface area contributed by atoms with E-state index < -0.39 is 10.0 Å². The molecule has 0 amide bonds. The van der Waals surface area contributed by atoms with Gasteiger partial charge in [-0.25, -0.2) is 13.1 Å². The Bertz CT molecular complexity index is 485. The molecular formula is C9H17N5O4S. The van der Waals surface area contributed by atoms with Gasteiger partial charge < -0.3 is 14.8 Å². The summed E-state index contributed by atoms with van der Waals surface area (Å²) >= 11 is 0. The first-order valence-corrected chi connectivity index (χ1v) is 7.36. The summed E-state index contributed by atoms with van der Waals surface area (Å²) < 4.78 is 33.8. The van der Waals surface area contributed by atoms with Crippen molar-refractivity contribution in [1.82, 2.24) is 19.7 Å². The Morgan fingerprint density at radius 2 is 1.63 bits per heavy atom. The minimum atomic E-state index is -3.15. The maximum absolute atomic E-state index is 10.8. The van der Waals surface area contributed by atoms with Crippen LogP contribution < -0.4 is 19.5 Å². The monoisotopic (exact) mass is 291 g/mol. The van der Waals surface area contributed by atoms with Crippen LogP contribution in [-0.2, 0) is 10.0 Å². The molecule has 1 rings (SSSR count). The third-order valence-corrected chi connectivity index (χ3v) is 2.69. The Morgan fingerprint density at radius 3 is 2.11 bits per heavy atom. The lowest BCUT2D eigenvalue weighted by molar-refractivity contribution is 0.341. The van der Waals surface area contributed by atoms with E-state index in [1.165, 1.54) is 14.2 Å². The van der Waals surface area contributed by atoms with Crippen LogP contribution in [0, 0.1) is 0 Å². The van der Waals surface area contributed by atoms with Gasteiger partial charge in [0.15, 0.2) is 0 Å². The number of hydrogen-bond acceptors (Lipinski definition) is 8. The molecule has 19 heavy (non-hydrogen) atoms. The predicted octanol–water partition coefficient (Wildman–Crippen LogP) is -0.760. The second-order valence-corrected chi connectivity index (χ2v) is 5.41. The molecule has 9 nitrogen and oxygen atoms in total. The Morgan fingerprint density at radius 1 is 1.05 bits per heavy atom. The smallest absolute Gasteiger partial charge is 0.324 e. The molecule has 0 saturated heterocycles. The van der Waals surface area contributed by atoms with E-state index in [9.17, 15) is 8.42 Å². The molecule has 0 fully saturated rings. The van der Waals surface area contributed by atoms with Crippen LogP contribution >= 0.6 is 0 Å². The van der Waals surface area contributed by atoms with Crippen LogP contribution in [-0.4, -0.2) is 56.9 Å². The number of ether oxygens (including phenoxy) is 2. The SMILES string of the molecule is COc1nc(NCCCNS(C)(=O)=O)nc(OC)n1. The summed E-state index contributed by atoms with van der Waals surface area (Å²) in [5.41, 5.74) is 0. The quantitative estimate of drug-likeness (QED) is 0.600. The molecule has 0 saturated carbocycles. The van der Waals surface area contributed by atoms with Crippen molar-refractivity contribution in [3.8, 4) is 12.0 Å². The fraction of sp³-hybridized carbons (Fsp3) is 0.667. The molecular weight excluding hydrogens is 274 g/mol. The van der Waals surface area contributed by atoms with E-state index in [4.69, 9.17) is 9.47 Å².